The minimum atomic E-state index is -4.88. The molecule has 3 aromatic heterocycles. The van der Waals surface area contributed by atoms with Crippen molar-refractivity contribution in [2.45, 2.75) is 25.1 Å². The van der Waals surface area contributed by atoms with Gasteiger partial charge in [-0.1, -0.05) is 6.07 Å². The second-order valence-corrected chi connectivity index (χ2v) is 9.45. The Hall–Kier alpha value is -3.32. The second kappa shape index (κ2) is 8.72. The van der Waals surface area contributed by atoms with Crippen molar-refractivity contribution < 1.29 is 26.8 Å². The van der Waals surface area contributed by atoms with Crippen LogP contribution < -0.4 is 0 Å². The number of carbonyl (C=O) groups is 1. The molecule has 13 heteroatoms. The Bertz CT molecular complexity index is 1390. The molecule has 0 radical (unpaired) electrons. The first-order chi connectivity index (χ1) is 16.6. The van der Waals surface area contributed by atoms with Crippen LogP contribution in [0.15, 0.2) is 28.9 Å². The number of halogens is 4. The van der Waals surface area contributed by atoms with Crippen LogP contribution in [0.5, 0.6) is 0 Å². The average Bonchev–Trinajstić information content (AvgIpc) is 3.54. The molecule has 35 heavy (non-hydrogen) atoms. The average molecular weight is 509 g/mol. The van der Waals surface area contributed by atoms with Gasteiger partial charge in [0.1, 0.15) is 22.4 Å². The van der Waals surface area contributed by atoms with Crippen LogP contribution in [0.1, 0.15) is 44.6 Å². The normalized spacial score (nSPS) is 16.3. The minimum Gasteiger partial charge on any atom is -0.435 e. The first-order valence-corrected chi connectivity index (χ1v) is 11.5. The summed E-state index contributed by atoms with van der Waals surface area (Å²) in [6.07, 6.45) is -2.98. The number of benzene rings is 1. The summed E-state index contributed by atoms with van der Waals surface area (Å²) in [5.41, 5.74) is -0.0496. The van der Waals surface area contributed by atoms with E-state index in [1.807, 2.05) is 0 Å². The number of aromatic amines is 1. The van der Waals surface area contributed by atoms with E-state index in [1.54, 1.807) is 31.1 Å². The van der Waals surface area contributed by atoms with E-state index in [9.17, 15) is 22.4 Å². The summed E-state index contributed by atoms with van der Waals surface area (Å²) in [6.45, 7) is 0.480. The first-order valence-electron chi connectivity index (χ1n) is 10.7. The maximum atomic E-state index is 14.3. The molecule has 1 N–H and O–H groups in total. The number of amides is 1. The first kappa shape index (κ1) is 23.4. The van der Waals surface area contributed by atoms with Crippen LogP contribution in [-0.4, -0.2) is 62.8 Å². The number of fused-ring (bicyclic) bond motifs is 2. The molecule has 8 nitrogen and oxygen atoms in total. The number of thiazole rings is 1. The molecule has 0 spiro atoms. The molecule has 5 rings (SSSR count). The van der Waals surface area contributed by atoms with Gasteiger partial charge in [0.2, 0.25) is 5.76 Å². The van der Waals surface area contributed by atoms with Crippen LogP contribution >= 0.6 is 11.3 Å². The van der Waals surface area contributed by atoms with Crippen molar-refractivity contribution in [1.29, 1.82) is 0 Å². The Balaban J connectivity index is 1.58. The van der Waals surface area contributed by atoms with Crippen molar-refractivity contribution in [3.63, 3.8) is 0 Å². The van der Waals surface area contributed by atoms with E-state index in [4.69, 9.17) is 4.42 Å². The van der Waals surface area contributed by atoms with Gasteiger partial charge in [0, 0.05) is 31.6 Å². The fraction of sp³-hybridized carbons (Fsp3) is 0.364. The lowest BCUT2D eigenvalue weighted by Crippen LogP contribution is -2.41. The van der Waals surface area contributed by atoms with Gasteiger partial charge in [-0.2, -0.15) is 13.2 Å². The van der Waals surface area contributed by atoms with Gasteiger partial charge in [-0.05, 0) is 26.2 Å². The summed E-state index contributed by atoms with van der Waals surface area (Å²) in [5.74, 6) is -2.55. The van der Waals surface area contributed by atoms with Crippen LogP contribution in [0.4, 0.5) is 17.6 Å². The van der Waals surface area contributed by atoms with Gasteiger partial charge >= 0.3 is 6.18 Å². The van der Waals surface area contributed by atoms with Gasteiger partial charge in [0.05, 0.1) is 16.7 Å². The topological polar surface area (TPSA) is 91.2 Å². The Morgan fingerprint density at radius 2 is 2.11 bits per heavy atom. The number of imidazole rings is 1. The van der Waals surface area contributed by atoms with Gasteiger partial charge in [0.25, 0.3) is 5.91 Å². The number of alkyl halides is 3. The number of hydrogen-bond donors (Lipinski definition) is 1. The largest absolute Gasteiger partial charge is 0.437 e. The summed E-state index contributed by atoms with van der Waals surface area (Å²) >= 11 is 1.15. The highest BCUT2D eigenvalue weighted by molar-refractivity contribution is 7.18. The zero-order valence-electron chi connectivity index (χ0n) is 18.7. The standard InChI is InChI=1S/C22H20F4N6O2S/c1-31(2)8-7-14-29-19(22(24,25)26)18(34-14)21(33)32-9-6-12-16(28-10-27-12)17(32)20-30-15-11(23)4-3-5-13(15)35-20/h3-5,10,17H,6-9H2,1-2H3,(H,27,28)/t17-/m0/s1. The molecule has 1 aromatic carbocycles. The van der Waals surface area contributed by atoms with Crippen LogP contribution in [-0.2, 0) is 19.0 Å². The Kier molecular flexibility index (Phi) is 5.83. The number of carbonyl (C=O) groups excluding carboxylic acids is 1. The van der Waals surface area contributed by atoms with Crippen molar-refractivity contribution >= 4 is 27.5 Å². The Labute approximate surface area is 200 Å². The summed E-state index contributed by atoms with van der Waals surface area (Å²) in [5, 5.41) is 0.340. The van der Waals surface area contributed by atoms with Gasteiger partial charge in [0.15, 0.2) is 11.6 Å². The van der Waals surface area contributed by atoms with Crippen molar-refractivity contribution in [2.75, 3.05) is 27.2 Å². The maximum Gasteiger partial charge on any atom is 0.437 e. The number of oxazole rings is 1. The van der Waals surface area contributed by atoms with E-state index in [0.717, 1.165) is 17.0 Å². The Morgan fingerprint density at radius 1 is 1.31 bits per heavy atom. The molecular formula is C22H20F4N6O2S. The Morgan fingerprint density at radius 3 is 2.83 bits per heavy atom. The number of aromatic nitrogens is 4. The molecule has 1 aliphatic rings. The number of nitrogens with one attached hydrogen (secondary N) is 1. The molecule has 0 aliphatic carbocycles. The van der Waals surface area contributed by atoms with Crippen molar-refractivity contribution in [3.8, 4) is 0 Å². The number of rotatable bonds is 5. The molecule has 1 amide bonds. The highest BCUT2D eigenvalue weighted by Gasteiger charge is 2.45. The van der Waals surface area contributed by atoms with E-state index >= 15 is 0 Å². The van der Waals surface area contributed by atoms with E-state index in [1.165, 1.54) is 17.3 Å². The van der Waals surface area contributed by atoms with E-state index < -0.39 is 35.4 Å². The quantitative estimate of drug-likeness (QED) is 0.409. The summed E-state index contributed by atoms with van der Waals surface area (Å²) in [4.78, 5) is 31.9. The molecule has 0 saturated heterocycles. The second-order valence-electron chi connectivity index (χ2n) is 8.39. The van der Waals surface area contributed by atoms with Crippen LogP contribution in [0.3, 0.4) is 0 Å². The summed E-state index contributed by atoms with van der Waals surface area (Å²) in [6, 6.07) is 3.60. The van der Waals surface area contributed by atoms with Gasteiger partial charge in [-0.3, -0.25) is 4.79 Å². The van der Waals surface area contributed by atoms with Crippen LogP contribution in [0.2, 0.25) is 0 Å². The molecule has 4 heterocycles. The van der Waals surface area contributed by atoms with Crippen LogP contribution in [0.25, 0.3) is 10.2 Å². The minimum absolute atomic E-state index is 0.0854. The summed E-state index contributed by atoms with van der Waals surface area (Å²) < 4.78 is 61.7. The molecular weight excluding hydrogens is 488 g/mol. The number of para-hydroxylation sites is 1. The third-order valence-corrected chi connectivity index (χ3v) is 6.79. The molecule has 0 bridgehead atoms. The zero-order valence-corrected chi connectivity index (χ0v) is 19.5. The van der Waals surface area contributed by atoms with E-state index in [2.05, 4.69) is 19.9 Å². The van der Waals surface area contributed by atoms with E-state index in [0.29, 0.717) is 28.4 Å². The lowest BCUT2D eigenvalue weighted by molar-refractivity contribution is -0.141. The fourth-order valence-corrected chi connectivity index (χ4v) is 5.15. The number of H-pyrrole nitrogens is 1. The highest BCUT2D eigenvalue weighted by Crippen LogP contribution is 2.40. The van der Waals surface area contributed by atoms with Crippen molar-refractivity contribution in [3.05, 3.63) is 64.1 Å². The molecule has 184 valence electrons. The fourth-order valence-electron chi connectivity index (χ4n) is 4.05. The highest BCUT2D eigenvalue weighted by atomic mass is 32.1. The maximum absolute atomic E-state index is 14.3. The third-order valence-electron chi connectivity index (χ3n) is 5.71. The monoisotopic (exact) mass is 508 g/mol. The summed E-state index contributed by atoms with van der Waals surface area (Å²) in [7, 11) is 3.53. The molecule has 0 unspecified atom stereocenters. The smallest absolute Gasteiger partial charge is 0.435 e. The molecule has 4 aromatic rings. The van der Waals surface area contributed by atoms with E-state index in [-0.39, 0.29) is 24.4 Å². The predicted octanol–water partition coefficient (Wildman–Crippen LogP) is 4.06. The zero-order chi connectivity index (χ0) is 24.9. The predicted molar refractivity (Wildman–Crippen MR) is 119 cm³/mol. The van der Waals surface area contributed by atoms with Gasteiger partial charge in [-0.15, -0.1) is 11.3 Å². The van der Waals surface area contributed by atoms with Crippen LogP contribution in [0, 0.1) is 5.82 Å². The number of hydrogen-bond acceptors (Lipinski definition) is 7. The van der Waals surface area contributed by atoms with Crippen molar-refractivity contribution in [1.82, 2.24) is 29.7 Å². The molecule has 1 atom stereocenters. The molecule has 0 fully saturated rings. The lowest BCUT2D eigenvalue weighted by Gasteiger charge is -2.33. The molecule has 1 aliphatic heterocycles. The van der Waals surface area contributed by atoms with Crippen molar-refractivity contribution in [2.24, 2.45) is 0 Å². The number of nitrogens with zero attached hydrogens (tertiary/aromatic N) is 5. The number of likely N-dealkylation sites (N-methyl/N-ethyl adjacent to an activating group) is 1. The lowest BCUT2D eigenvalue weighted by atomic mass is 10.0. The van der Waals surface area contributed by atoms with Gasteiger partial charge in [-0.25, -0.2) is 19.3 Å². The third kappa shape index (κ3) is 4.29. The molecule has 0 saturated carbocycles. The van der Waals surface area contributed by atoms with Gasteiger partial charge < -0.3 is 19.2 Å². The SMILES string of the molecule is CN(C)CCc1nc(C(F)(F)F)c(C(=O)N2CCc3[nH]cnc3[C@H]2c2nc3c(F)cccc3s2)o1.